The SMILES string of the molecule is CN1CCC/C(=C/C2CCCC(=Cc3cnc4c(-c5ccnc6c#cccc56)cnn4c3)CC2)CC1. The first-order chi connectivity index (χ1) is 17.7. The summed E-state index contributed by atoms with van der Waals surface area (Å²) in [7, 11) is 2.25. The Morgan fingerprint density at radius 3 is 2.86 bits per heavy atom. The van der Waals surface area contributed by atoms with E-state index in [-0.39, 0.29) is 0 Å². The molecule has 0 amide bonds. The van der Waals surface area contributed by atoms with Crippen molar-refractivity contribution in [2.45, 2.75) is 51.4 Å². The van der Waals surface area contributed by atoms with Crippen LogP contribution in [0.4, 0.5) is 0 Å². The van der Waals surface area contributed by atoms with Crippen LogP contribution >= 0.6 is 0 Å². The van der Waals surface area contributed by atoms with E-state index in [9.17, 15) is 0 Å². The molecule has 1 saturated carbocycles. The van der Waals surface area contributed by atoms with Crippen LogP contribution in [0.5, 0.6) is 0 Å². The van der Waals surface area contributed by atoms with Gasteiger partial charge in [-0.05, 0) is 101 Å². The third-order valence-electron chi connectivity index (χ3n) is 7.78. The molecule has 36 heavy (non-hydrogen) atoms. The summed E-state index contributed by atoms with van der Waals surface area (Å²) in [6, 6.07) is 12.0. The van der Waals surface area contributed by atoms with E-state index in [4.69, 9.17) is 4.98 Å². The van der Waals surface area contributed by atoms with Gasteiger partial charge in [0.1, 0.15) is 5.52 Å². The van der Waals surface area contributed by atoms with Crippen LogP contribution in [0, 0.1) is 18.1 Å². The van der Waals surface area contributed by atoms with Crippen molar-refractivity contribution in [2.24, 2.45) is 5.92 Å². The summed E-state index contributed by atoms with van der Waals surface area (Å²) in [5.41, 5.74) is 8.11. The van der Waals surface area contributed by atoms with Gasteiger partial charge in [-0.2, -0.15) is 5.10 Å². The van der Waals surface area contributed by atoms with E-state index in [1.807, 2.05) is 41.3 Å². The lowest BCUT2D eigenvalue weighted by atomic mass is 9.94. The highest BCUT2D eigenvalue weighted by Gasteiger charge is 2.16. The minimum Gasteiger partial charge on any atom is -0.306 e. The summed E-state index contributed by atoms with van der Waals surface area (Å²) in [6.45, 7) is 2.45. The van der Waals surface area contributed by atoms with Gasteiger partial charge in [-0.25, -0.2) is 14.5 Å². The molecule has 182 valence electrons. The molecule has 1 aliphatic heterocycles. The zero-order chi connectivity index (χ0) is 24.3. The Morgan fingerprint density at radius 1 is 0.944 bits per heavy atom. The first-order valence-corrected chi connectivity index (χ1v) is 13.3. The zero-order valence-electron chi connectivity index (χ0n) is 21.1. The Balaban J connectivity index is 1.20. The molecule has 4 aromatic rings. The molecule has 0 radical (unpaired) electrons. The van der Waals surface area contributed by atoms with Crippen LogP contribution < -0.4 is 0 Å². The average Bonchev–Trinajstić information content (AvgIpc) is 3.03. The molecule has 5 heteroatoms. The van der Waals surface area contributed by atoms with Gasteiger partial charge >= 0.3 is 0 Å². The molecular weight excluding hydrogens is 442 g/mol. The summed E-state index contributed by atoms with van der Waals surface area (Å²) in [4.78, 5) is 11.7. The first kappa shape index (κ1) is 22.9. The molecule has 1 saturated heterocycles. The second-order valence-electron chi connectivity index (χ2n) is 10.4. The van der Waals surface area contributed by atoms with Crippen LogP contribution in [0.1, 0.15) is 56.9 Å². The maximum atomic E-state index is 4.82. The number of pyridine rings is 1. The lowest BCUT2D eigenvalue weighted by molar-refractivity contribution is 0.351. The van der Waals surface area contributed by atoms with E-state index in [0.717, 1.165) is 39.2 Å². The number of aromatic nitrogens is 4. The molecule has 2 fully saturated rings. The highest BCUT2D eigenvalue weighted by Crippen LogP contribution is 2.32. The lowest BCUT2D eigenvalue weighted by Crippen LogP contribution is -2.18. The van der Waals surface area contributed by atoms with E-state index in [1.165, 1.54) is 70.0 Å². The molecule has 1 atom stereocenters. The van der Waals surface area contributed by atoms with Gasteiger partial charge in [0.2, 0.25) is 0 Å². The van der Waals surface area contributed by atoms with Crippen LogP contribution in [-0.4, -0.2) is 44.6 Å². The van der Waals surface area contributed by atoms with Gasteiger partial charge in [0, 0.05) is 41.6 Å². The fourth-order valence-corrected chi connectivity index (χ4v) is 5.79. The maximum Gasteiger partial charge on any atom is 0.162 e. The van der Waals surface area contributed by atoms with E-state index in [1.54, 1.807) is 5.57 Å². The number of allylic oxidation sites excluding steroid dienone is 2. The number of likely N-dealkylation sites (tertiary alicyclic amines) is 1. The Labute approximate surface area is 213 Å². The average molecular weight is 476 g/mol. The minimum absolute atomic E-state index is 0.730. The van der Waals surface area contributed by atoms with Crippen molar-refractivity contribution in [3.8, 4) is 11.1 Å². The van der Waals surface area contributed by atoms with Gasteiger partial charge in [0.05, 0.1) is 6.20 Å². The number of rotatable bonds is 3. The van der Waals surface area contributed by atoms with E-state index in [0.29, 0.717) is 0 Å². The molecule has 0 N–H and O–H groups in total. The van der Waals surface area contributed by atoms with E-state index in [2.05, 4.69) is 52.5 Å². The standard InChI is InChI=1S/C31H33N5/c1-35-16-5-8-25(14-17-35)18-23-6-4-7-24(12-11-23)19-26-20-33-31-29(21-34-36(31)22-26)27-13-15-32-30-10-3-2-9-28(27)30/h2,9,13,15,18-23H,4-8,11-12,14,16-17H2,1H3/b24-19?,25-18-. The number of fused-ring (bicyclic) bond motifs is 2. The third-order valence-corrected chi connectivity index (χ3v) is 7.78. The van der Waals surface area contributed by atoms with Gasteiger partial charge in [-0.15, -0.1) is 0 Å². The molecule has 1 aromatic carbocycles. The van der Waals surface area contributed by atoms with Crippen LogP contribution in [-0.2, 0) is 0 Å². The van der Waals surface area contributed by atoms with E-state index >= 15 is 0 Å². The van der Waals surface area contributed by atoms with Crippen molar-refractivity contribution >= 4 is 22.6 Å². The summed E-state index contributed by atoms with van der Waals surface area (Å²) in [6.07, 6.45) is 22.8. The number of hydrogen-bond acceptors (Lipinski definition) is 4. The number of nitrogens with zero attached hydrogens (tertiary/aromatic N) is 5. The van der Waals surface area contributed by atoms with Crippen molar-refractivity contribution in [3.05, 3.63) is 77.9 Å². The summed E-state index contributed by atoms with van der Waals surface area (Å²) < 4.78 is 1.90. The molecule has 0 bridgehead atoms. The molecule has 2 aliphatic rings. The normalized spacial score (nSPS) is 22.1. The highest BCUT2D eigenvalue weighted by atomic mass is 15.2. The molecule has 6 rings (SSSR count). The van der Waals surface area contributed by atoms with Crippen LogP contribution in [0.3, 0.4) is 0 Å². The summed E-state index contributed by atoms with van der Waals surface area (Å²) in [5.74, 6) is 0.730. The van der Waals surface area contributed by atoms with Crippen molar-refractivity contribution in [2.75, 3.05) is 20.1 Å². The van der Waals surface area contributed by atoms with Gasteiger partial charge in [-0.1, -0.05) is 29.4 Å². The fourth-order valence-electron chi connectivity index (χ4n) is 5.79. The second-order valence-corrected chi connectivity index (χ2v) is 10.4. The Bertz CT molecular complexity index is 1420. The highest BCUT2D eigenvalue weighted by molar-refractivity contribution is 5.96. The molecule has 1 aliphatic carbocycles. The molecule has 1 unspecified atom stereocenters. The topological polar surface area (TPSA) is 46.3 Å². The third kappa shape index (κ3) is 4.92. The molecular formula is C31H33N5. The quantitative estimate of drug-likeness (QED) is 0.249. The smallest absolute Gasteiger partial charge is 0.162 e. The Morgan fingerprint density at radius 2 is 1.89 bits per heavy atom. The van der Waals surface area contributed by atoms with Gasteiger partial charge in [0.25, 0.3) is 0 Å². The van der Waals surface area contributed by atoms with Crippen molar-refractivity contribution < 1.29 is 0 Å². The summed E-state index contributed by atoms with van der Waals surface area (Å²) >= 11 is 0. The van der Waals surface area contributed by atoms with Crippen molar-refractivity contribution in [1.82, 2.24) is 24.5 Å². The predicted octanol–water partition coefficient (Wildman–Crippen LogP) is 6.55. The minimum atomic E-state index is 0.730. The zero-order valence-corrected chi connectivity index (χ0v) is 21.1. The van der Waals surface area contributed by atoms with Gasteiger partial charge in [-0.3, -0.25) is 0 Å². The second kappa shape index (κ2) is 10.2. The maximum absolute atomic E-state index is 4.82. The predicted molar refractivity (Wildman–Crippen MR) is 145 cm³/mol. The van der Waals surface area contributed by atoms with Crippen LogP contribution in [0.25, 0.3) is 33.8 Å². The first-order valence-electron chi connectivity index (χ1n) is 13.3. The van der Waals surface area contributed by atoms with E-state index < -0.39 is 0 Å². The Kier molecular flexibility index (Phi) is 6.53. The number of hydrogen-bond donors (Lipinski definition) is 0. The van der Waals surface area contributed by atoms with Crippen LogP contribution in [0.15, 0.2) is 60.2 Å². The fraction of sp³-hybridized carbons (Fsp3) is 0.387. The lowest BCUT2D eigenvalue weighted by Gasteiger charge is -2.13. The monoisotopic (exact) mass is 475 g/mol. The Hall–Kier alpha value is -3.49. The molecule has 0 spiro atoms. The summed E-state index contributed by atoms with van der Waals surface area (Å²) in [5, 5.41) is 5.68. The molecule has 5 nitrogen and oxygen atoms in total. The largest absolute Gasteiger partial charge is 0.306 e. The molecule has 3 aromatic heterocycles. The van der Waals surface area contributed by atoms with Gasteiger partial charge in [0.15, 0.2) is 5.65 Å². The van der Waals surface area contributed by atoms with Crippen LogP contribution in [0.2, 0.25) is 0 Å². The van der Waals surface area contributed by atoms with Gasteiger partial charge < -0.3 is 4.90 Å². The van der Waals surface area contributed by atoms with Crippen molar-refractivity contribution in [1.29, 1.82) is 0 Å². The van der Waals surface area contributed by atoms with Crippen molar-refractivity contribution in [3.63, 3.8) is 0 Å². The molecule has 4 heterocycles.